The normalized spacial score (nSPS) is 14.6. The van der Waals surface area contributed by atoms with Crippen LogP contribution in [-0.4, -0.2) is 87.1 Å². The van der Waals surface area contributed by atoms with Crippen molar-refractivity contribution in [2.75, 3.05) is 68.4 Å². The molecule has 0 unspecified atom stereocenters. The molecular weight excluding hydrogens is 438 g/mol. The third-order valence-corrected chi connectivity index (χ3v) is 5.62. The second kappa shape index (κ2) is 9.93. The van der Waals surface area contributed by atoms with Gasteiger partial charge in [-0.15, -0.1) is 5.10 Å². The standard InChI is InChI=1S/C22H27N9O3/c23-20-26-21(27-22-25-19(28-31(20)22)18-2-1-14-34-18)24-7-8-29-9-11-30(12-10-29)16-3-5-17(6-4-16)33-15-13-32/h1-6,14,32H,7-13,15H2,(H3,23,24,25,26,27,28). The Morgan fingerprint density at radius 1 is 1.06 bits per heavy atom. The van der Waals surface area contributed by atoms with Crippen molar-refractivity contribution in [2.45, 2.75) is 0 Å². The highest BCUT2D eigenvalue weighted by atomic mass is 16.5. The largest absolute Gasteiger partial charge is 0.491 e. The molecule has 12 nitrogen and oxygen atoms in total. The molecular formula is C22H27N9O3. The van der Waals surface area contributed by atoms with E-state index in [0.717, 1.165) is 38.5 Å². The summed E-state index contributed by atoms with van der Waals surface area (Å²) in [5.41, 5.74) is 7.22. The van der Waals surface area contributed by atoms with Crippen LogP contribution in [0, 0.1) is 0 Å². The van der Waals surface area contributed by atoms with Gasteiger partial charge in [0.1, 0.15) is 12.4 Å². The molecule has 1 saturated heterocycles. The van der Waals surface area contributed by atoms with Gasteiger partial charge in [-0.05, 0) is 36.4 Å². The quantitative estimate of drug-likeness (QED) is 0.325. The van der Waals surface area contributed by atoms with Crippen molar-refractivity contribution in [3.63, 3.8) is 0 Å². The van der Waals surface area contributed by atoms with E-state index in [2.05, 4.69) is 47.3 Å². The summed E-state index contributed by atoms with van der Waals surface area (Å²) in [6.07, 6.45) is 1.56. The van der Waals surface area contributed by atoms with E-state index in [0.29, 0.717) is 36.5 Å². The molecule has 4 aromatic rings. The van der Waals surface area contributed by atoms with E-state index < -0.39 is 0 Å². The van der Waals surface area contributed by atoms with Gasteiger partial charge in [0.25, 0.3) is 5.78 Å². The van der Waals surface area contributed by atoms with Crippen LogP contribution in [0.4, 0.5) is 17.6 Å². The summed E-state index contributed by atoms with van der Waals surface area (Å²) in [5.74, 6) is 2.72. The lowest BCUT2D eigenvalue weighted by Crippen LogP contribution is -2.47. The third-order valence-electron chi connectivity index (χ3n) is 5.62. The Hall–Kier alpha value is -3.90. The van der Waals surface area contributed by atoms with Gasteiger partial charge < -0.3 is 30.2 Å². The molecule has 0 radical (unpaired) electrons. The number of hydrogen-bond acceptors (Lipinski definition) is 11. The van der Waals surface area contributed by atoms with E-state index in [-0.39, 0.29) is 12.6 Å². The highest BCUT2D eigenvalue weighted by molar-refractivity contribution is 5.53. The van der Waals surface area contributed by atoms with Gasteiger partial charge in [-0.3, -0.25) is 4.90 Å². The molecule has 3 aromatic heterocycles. The first-order valence-electron chi connectivity index (χ1n) is 11.2. The zero-order valence-corrected chi connectivity index (χ0v) is 18.7. The third kappa shape index (κ3) is 4.87. The topological polar surface area (TPSA) is 143 Å². The molecule has 178 valence electrons. The lowest BCUT2D eigenvalue weighted by Gasteiger charge is -2.36. The van der Waals surface area contributed by atoms with Crippen LogP contribution >= 0.6 is 0 Å². The summed E-state index contributed by atoms with van der Waals surface area (Å²) >= 11 is 0. The van der Waals surface area contributed by atoms with Gasteiger partial charge in [0.15, 0.2) is 5.76 Å². The number of furan rings is 1. The molecule has 0 spiro atoms. The van der Waals surface area contributed by atoms with Crippen molar-refractivity contribution < 1.29 is 14.3 Å². The van der Waals surface area contributed by atoms with Gasteiger partial charge in [-0.25, -0.2) is 0 Å². The van der Waals surface area contributed by atoms with Crippen LogP contribution in [0.5, 0.6) is 5.75 Å². The number of aromatic nitrogens is 5. The summed E-state index contributed by atoms with van der Waals surface area (Å²) < 4.78 is 12.2. The van der Waals surface area contributed by atoms with Crippen molar-refractivity contribution in [3.05, 3.63) is 42.7 Å². The fourth-order valence-electron chi connectivity index (χ4n) is 3.87. The van der Waals surface area contributed by atoms with Crippen LogP contribution in [0.1, 0.15) is 0 Å². The van der Waals surface area contributed by atoms with Gasteiger partial charge in [0.2, 0.25) is 17.7 Å². The summed E-state index contributed by atoms with van der Waals surface area (Å²) in [7, 11) is 0. The zero-order chi connectivity index (χ0) is 23.3. The van der Waals surface area contributed by atoms with Gasteiger partial charge in [0.05, 0.1) is 12.9 Å². The number of benzene rings is 1. The minimum atomic E-state index is 0.0139. The number of ether oxygens (including phenoxy) is 1. The predicted molar refractivity (Wildman–Crippen MR) is 127 cm³/mol. The second-order valence-electron chi connectivity index (χ2n) is 7.85. The molecule has 1 aliphatic heterocycles. The van der Waals surface area contributed by atoms with Crippen molar-refractivity contribution >= 4 is 23.4 Å². The van der Waals surface area contributed by atoms with E-state index in [9.17, 15) is 0 Å². The van der Waals surface area contributed by atoms with E-state index in [1.165, 1.54) is 10.2 Å². The number of anilines is 3. The number of hydrogen-bond donors (Lipinski definition) is 3. The highest BCUT2D eigenvalue weighted by Gasteiger charge is 2.18. The number of aliphatic hydroxyl groups excluding tert-OH is 1. The Morgan fingerprint density at radius 2 is 1.88 bits per heavy atom. The first kappa shape index (κ1) is 21.9. The molecule has 1 aromatic carbocycles. The summed E-state index contributed by atoms with van der Waals surface area (Å²) in [6, 6.07) is 11.6. The molecule has 4 heterocycles. The van der Waals surface area contributed by atoms with Crippen molar-refractivity contribution in [1.29, 1.82) is 0 Å². The molecule has 0 atom stereocenters. The van der Waals surface area contributed by atoms with E-state index in [4.69, 9.17) is 20.0 Å². The first-order valence-corrected chi connectivity index (χ1v) is 11.2. The van der Waals surface area contributed by atoms with Crippen LogP contribution in [-0.2, 0) is 0 Å². The highest BCUT2D eigenvalue weighted by Crippen LogP contribution is 2.21. The molecule has 34 heavy (non-hydrogen) atoms. The number of nitrogen functional groups attached to an aromatic ring is 1. The van der Waals surface area contributed by atoms with E-state index in [1.54, 1.807) is 18.4 Å². The molecule has 0 amide bonds. The Bertz CT molecular complexity index is 1200. The number of nitrogens with zero attached hydrogens (tertiary/aromatic N) is 7. The zero-order valence-electron chi connectivity index (χ0n) is 18.7. The van der Waals surface area contributed by atoms with Crippen molar-refractivity contribution in [2.24, 2.45) is 0 Å². The van der Waals surface area contributed by atoms with Crippen molar-refractivity contribution in [1.82, 2.24) is 29.5 Å². The van der Waals surface area contributed by atoms with Gasteiger partial charge in [-0.2, -0.15) is 19.5 Å². The maximum Gasteiger partial charge on any atom is 0.259 e. The molecule has 0 bridgehead atoms. The molecule has 1 fully saturated rings. The summed E-state index contributed by atoms with van der Waals surface area (Å²) in [4.78, 5) is 17.9. The van der Waals surface area contributed by atoms with Gasteiger partial charge in [0, 0.05) is 45.0 Å². The lowest BCUT2D eigenvalue weighted by atomic mass is 10.2. The SMILES string of the molecule is Nc1nc(NCCN2CCN(c3ccc(OCCO)cc3)CC2)nc2nc(-c3ccco3)nn12. The maximum absolute atomic E-state index is 8.86. The fraction of sp³-hybridized carbons (Fsp3) is 0.364. The number of aliphatic hydroxyl groups is 1. The molecule has 1 aliphatic rings. The molecule has 4 N–H and O–H groups in total. The monoisotopic (exact) mass is 465 g/mol. The predicted octanol–water partition coefficient (Wildman–Crippen LogP) is 0.967. The van der Waals surface area contributed by atoms with Crippen LogP contribution in [0.2, 0.25) is 0 Å². The summed E-state index contributed by atoms with van der Waals surface area (Å²) in [6.45, 7) is 5.68. The average Bonchev–Trinajstić information content (AvgIpc) is 3.54. The Labute approximate surface area is 196 Å². The average molecular weight is 466 g/mol. The molecule has 5 rings (SSSR count). The molecule has 0 saturated carbocycles. The smallest absolute Gasteiger partial charge is 0.259 e. The van der Waals surface area contributed by atoms with Crippen LogP contribution in [0.25, 0.3) is 17.4 Å². The van der Waals surface area contributed by atoms with Crippen LogP contribution in [0.15, 0.2) is 47.1 Å². The van der Waals surface area contributed by atoms with Gasteiger partial charge in [-0.1, -0.05) is 0 Å². The van der Waals surface area contributed by atoms with Crippen LogP contribution in [0.3, 0.4) is 0 Å². The number of nitrogens with one attached hydrogen (secondary N) is 1. The van der Waals surface area contributed by atoms with E-state index >= 15 is 0 Å². The minimum Gasteiger partial charge on any atom is -0.491 e. The van der Waals surface area contributed by atoms with Gasteiger partial charge >= 0.3 is 0 Å². The fourth-order valence-corrected chi connectivity index (χ4v) is 3.87. The summed E-state index contributed by atoms with van der Waals surface area (Å²) in [5, 5.41) is 16.4. The van der Waals surface area contributed by atoms with Crippen molar-refractivity contribution in [3.8, 4) is 17.3 Å². The number of rotatable bonds is 9. The molecule has 12 heteroatoms. The lowest BCUT2D eigenvalue weighted by molar-refractivity contribution is 0.201. The molecule has 0 aliphatic carbocycles. The Morgan fingerprint density at radius 3 is 2.62 bits per heavy atom. The second-order valence-corrected chi connectivity index (χ2v) is 7.85. The maximum atomic E-state index is 8.86. The van der Waals surface area contributed by atoms with E-state index in [1.807, 2.05) is 12.1 Å². The number of piperazine rings is 1. The Balaban J connectivity index is 1.11. The number of fused-ring (bicyclic) bond motifs is 1. The number of nitrogens with two attached hydrogens (primary N) is 1. The minimum absolute atomic E-state index is 0.0139. The van der Waals surface area contributed by atoms with Crippen LogP contribution < -0.4 is 20.7 Å². The Kier molecular flexibility index (Phi) is 6.40. The first-order chi connectivity index (χ1) is 16.7.